The molecule has 2 aromatic heterocycles. The number of carbonyl (C=O) groups is 2. The summed E-state index contributed by atoms with van der Waals surface area (Å²) in [6.07, 6.45) is 5.27. The average molecular weight is 441 g/mol. The number of carbonyl (C=O) groups excluding carboxylic acids is 2. The van der Waals surface area contributed by atoms with E-state index in [9.17, 15) is 9.59 Å². The second kappa shape index (κ2) is 9.82. The van der Waals surface area contributed by atoms with Crippen molar-refractivity contribution in [2.45, 2.75) is 6.54 Å². The van der Waals surface area contributed by atoms with Crippen LogP contribution in [0.2, 0.25) is 0 Å². The highest BCUT2D eigenvalue weighted by Gasteiger charge is 2.18. The maximum atomic E-state index is 13.1. The van der Waals surface area contributed by atoms with Crippen molar-refractivity contribution in [3.05, 3.63) is 102 Å². The second-order valence-corrected chi connectivity index (χ2v) is 7.43. The van der Waals surface area contributed by atoms with Crippen molar-refractivity contribution >= 4 is 28.8 Å². The van der Waals surface area contributed by atoms with Crippen LogP contribution in [-0.2, 0) is 18.4 Å². The number of nitrogens with zero attached hydrogens (tertiary/aromatic N) is 2. The van der Waals surface area contributed by atoms with Gasteiger partial charge in [0, 0.05) is 35.9 Å². The molecule has 2 amide bonds. The summed E-state index contributed by atoms with van der Waals surface area (Å²) in [6.45, 7) is 0.233. The van der Waals surface area contributed by atoms with Gasteiger partial charge >= 0.3 is 0 Å². The van der Waals surface area contributed by atoms with Gasteiger partial charge in [0.2, 0.25) is 0 Å². The molecule has 0 unspecified atom stereocenters. The number of aromatic nitrogens is 2. The van der Waals surface area contributed by atoms with Gasteiger partial charge in [-0.25, -0.2) is 0 Å². The largest absolute Gasteiger partial charge is 0.496 e. The van der Waals surface area contributed by atoms with E-state index in [4.69, 9.17) is 4.74 Å². The third-order valence-electron chi connectivity index (χ3n) is 5.23. The van der Waals surface area contributed by atoms with E-state index < -0.39 is 11.8 Å². The van der Waals surface area contributed by atoms with Crippen molar-refractivity contribution in [2.24, 2.45) is 7.05 Å². The molecule has 0 aliphatic heterocycles. The molecule has 33 heavy (non-hydrogen) atoms. The fourth-order valence-corrected chi connectivity index (χ4v) is 3.59. The van der Waals surface area contributed by atoms with Gasteiger partial charge in [0.25, 0.3) is 11.8 Å². The summed E-state index contributed by atoms with van der Waals surface area (Å²) in [5, 5.41) is 6.58. The number of hydrogen-bond acceptors (Lipinski definition) is 4. The van der Waals surface area contributed by atoms with Crippen molar-refractivity contribution < 1.29 is 14.3 Å². The molecule has 0 saturated heterocycles. The predicted molar refractivity (Wildman–Crippen MR) is 127 cm³/mol. The molecule has 7 nitrogen and oxygen atoms in total. The lowest BCUT2D eigenvalue weighted by molar-refractivity contribution is -0.117. The zero-order valence-corrected chi connectivity index (χ0v) is 18.4. The highest BCUT2D eigenvalue weighted by molar-refractivity contribution is 6.07. The highest BCUT2D eigenvalue weighted by atomic mass is 16.5. The Morgan fingerprint density at radius 2 is 1.79 bits per heavy atom. The Kier molecular flexibility index (Phi) is 6.50. The third kappa shape index (κ3) is 4.93. The van der Waals surface area contributed by atoms with Gasteiger partial charge in [0.1, 0.15) is 11.4 Å². The van der Waals surface area contributed by atoms with Gasteiger partial charge in [-0.1, -0.05) is 36.4 Å². The monoisotopic (exact) mass is 440 g/mol. The van der Waals surface area contributed by atoms with Crippen LogP contribution in [0.25, 0.3) is 17.0 Å². The first-order chi connectivity index (χ1) is 16.1. The van der Waals surface area contributed by atoms with Gasteiger partial charge in [0.15, 0.2) is 0 Å². The Morgan fingerprint density at radius 3 is 2.58 bits per heavy atom. The molecule has 0 bridgehead atoms. The van der Waals surface area contributed by atoms with Gasteiger partial charge in [0.05, 0.1) is 24.9 Å². The molecule has 4 aromatic rings. The zero-order chi connectivity index (χ0) is 23.2. The molecule has 0 aliphatic carbocycles. The lowest BCUT2D eigenvalue weighted by Gasteiger charge is -2.12. The van der Waals surface area contributed by atoms with Crippen molar-refractivity contribution in [2.75, 3.05) is 7.11 Å². The lowest BCUT2D eigenvalue weighted by atomic mass is 10.1. The van der Waals surface area contributed by atoms with Gasteiger partial charge in [-0.15, -0.1) is 0 Å². The normalized spacial score (nSPS) is 11.3. The third-order valence-corrected chi connectivity index (χ3v) is 5.23. The van der Waals surface area contributed by atoms with E-state index in [2.05, 4.69) is 15.6 Å². The Hall–Kier alpha value is -4.39. The van der Waals surface area contributed by atoms with Crippen molar-refractivity contribution in [1.82, 2.24) is 20.2 Å². The van der Waals surface area contributed by atoms with Crippen molar-refractivity contribution in [3.8, 4) is 5.75 Å². The van der Waals surface area contributed by atoms with Crippen LogP contribution in [0.1, 0.15) is 21.6 Å². The maximum absolute atomic E-state index is 13.1. The Morgan fingerprint density at radius 1 is 1.03 bits per heavy atom. The molecule has 0 radical (unpaired) electrons. The predicted octanol–water partition coefficient (Wildman–Crippen LogP) is 3.67. The minimum atomic E-state index is -0.438. The SMILES string of the molecule is COc1ccccc1C(=O)N/C(=C\c1cn(C)c2ccccc12)C(=O)NCc1ccccn1. The number of ether oxygens (including phenoxy) is 1. The first-order valence-corrected chi connectivity index (χ1v) is 10.4. The van der Waals surface area contributed by atoms with E-state index in [1.54, 1.807) is 36.5 Å². The van der Waals surface area contributed by atoms with Crippen LogP contribution in [0.3, 0.4) is 0 Å². The molecule has 0 atom stereocenters. The van der Waals surface area contributed by atoms with Crippen LogP contribution in [0.5, 0.6) is 5.75 Å². The number of nitrogens with one attached hydrogen (secondary N) is 2. The Labute approximate surface area is 191 Å². The number of aryl methyl sites for hydroxylation is 1. The summed E-state index contributed by atoms with van der Waals surface area (Å²) >= 11 is 0. The summed E-state index contributed by atoms with van der Waals surface area (Å²) in [7, 11) is 3.44. The molecular weight excluding hydrogens is 416 g/mol. The molecule has 0 saturated carbocycles. The van der Waals surface area contributed by atoms with Gasteiger partial charge in [-0.2, -0.15) is 0 Å². The number of fused-ring (bicyclic) bond motifs is 1. The first-order valence-electron chi connectivity index (χ1n) is 10.4. The molecule has 4 rings (SSSR count). The van der Waals surface area contributed by atoms with Crippen molar-refractivity contribution in [1.29, 1.82) is 0 Å². The van der Waals surface area contributed by atoms with Crippen LogP contribution in [0.15, 0.2) is 84.8 Å². The van der Waals surface area contributed by atoms with E-state index in [1.807, 2.05) is 60.3 Å². The molecular formula is C26H24N4O3. The van der Waals surface area contributed by atoms with E-state index in [1.165, 1.54) is 7.11 Å². The van der Waals surface area contributed by atoms with Crippen LogP contribution in [0, 0.1) is 0 Å². The first kappa shape index (κ1) is 21.8. The highest BCUT2D eigenvalue weighted by Crippen LogP contribution is 2.23. The van der Waals surface area contributed by atoms with E-state index in [-0.39, 0.29) is 12.2 Å². The van der Waals surface area contributed by atoms with Gasteiger partial charge in [-0.3, -0.25) is 14.6 Å². The topological polar surface area (TPSA) is 85.2 Å². The average Bonchev–Trinajstić information content (AvgIpc) is 3.18. The molecule has 7 heteroatoms. The number of para-hydroxylation sites is 2. The summed E-state index contributed by atoms with van der Waals surface area (Å²) < 4.78 is 7.28. The second-order valence-electron chi connectivity index (χ2n) is 7.43. The Bertz CT molecular complexity index is 1330. The lowest BCUT2D eigenvalue weighted by Crippen LogP contribution is -2.34. The maximum Gasteiger partial charge on any atom is 0.268 e. The van der Waals surface area contributed by atoms with Gasteiger partial charge in [-0.05, 0) is 36.4 Å². The summed E-state index contributed by atoms with van der Waals surface area (Å²) in [5.74, 6) is -0.433. The van der Waals surface area contributed by atoms with E-state index in [0.29, 0.717) is 17.0 Å². The van der Waals surface area contributed by atoms with Crippen LogP contribution < -0.4 is 15.4 Å². The molecule has 2 N–H and O–H groups in total. The van der Waals surface area contributed by atoms with Crippen molar-refractivity contribution in [3.63, 3.8) is 0 Å². The minimum Gasteiger partial charge on any atom is -0.496 e. The summed E-state index contributed by atoms with van der Waals surface area (Å²) in [5.41, 5.74) is 3.01. The number of pyridine rings is 1. The summed E-state index contributed by atoms with van der Waals surface area (Å²) in [6, 6.07) is 20.2. The Balaban J connectivity index is 1.67. The minimum absolute atomic E-state index is 0.123. The van der Waals surface area contributed by atoms with E-state index in [0.717, 1.165) is 16.5 Å². The standard InChI is InChI=1S/C26H24N4O3/c1-30-17-18(20-10-3-5-12-23(20)30)15-22(26(32)28-16-19-9-7-8-14-27-19)29-25(31)21-11-4-6-13-24(21)33-2/h3-15,17H,16H2,1-2H3,(H,28,32)(H,29,31)/b22-15-. The fraction of sp³-hybridized carbons (Fsp3) is 0.115. The van der Waals surface area contributed by atoms with E-state index >= 15 is 0 Å². The quantitative estimate of drug-likeness (QED) is 0.430. The molecule has 0 fully saturated rings. The summed E-state index contributed by atoms with van der Waals surface area (Å²) in [4.78, 5) is 30.4. The molecule has 0 spiro atoms. The number of hydrogen-bond donors (Lipinski definition) is 2. The number of amides is 2. The number of benzene rings is 2. The van der Waals surface area contributed by atoms with Crippen LogP contribution in [0.4, 0.5) is 0 Å². The number of rotatable bonds is 7. The molecule has 0 aliphatic rings. The van der Waals surface area contributed by atoms with Crippen LogP contribution in [-0.4, -0.2) is 28.5 Å². The zero-order valence-electron chi connectivity index (χ0n) is 18.4. The fourth-order valence-electron chi connectivity index (χ4n) is 3.59. The smallest absolute Gasteiger partial charge is 0.268 e. The molecule has 2 heterocycles. The molecule has 2 aromatic carbocycles. The molecule has 166 valence electrons. The van der Waals surface area contributed by atoms with Gasteiger partial charge < -0.3 is 19.9 Å². The van der Waals surface area contributed by atoms with Crippen LogP contribution >= 0.6 is 0 Å². The number of methoxy groups -OCH3 is 1.